The Morgan fingerprint density at radius 2 is 2.04 bits per heavy atom. The zero-order chi connectivity index (χ0) is 16.2. The first kappa shape index (κ1) is 15.6. The second-order valence-corrected chi connectivity index (χ2v) is 6.15. The number of aromatic nitrogens is 4. The number of nitrogens with zero attached hydrogens (tertiary/aromatic N) is 5. The molecule has 6 heteroatoms. The molecule has 6 nitrogen and oxygen atoms in total. The predicted octanol–water partition coefficient (Wildman–Crippen LogP) is 2.44. The molecule has 0 saturated carbocycles. The minimum atomic E-state index is 0.0874. The van der Waals surface area contributed by atoms with Crippen molar-refractivity contribution in [1.82, 2.24) is 25.1 Å². The van der Waals surface area contributed by atoms with Gasteiger partial charge in [-0.15, -0.1) is 10.2 Å². The summed E-state index contributed by atoms with van der Waals surface area (Å²) in [6, 6.07) is 8.32. The van der Waals surface area contributed by atoms with Crippen molar-refractivity contribution in [3.63, 3.8) is 0 Å². The molecule has 0 N–H and O–H groups in total. The molecule has 2 aromatic rings. The summed E-state index contributed by atoms with van der Waals surface area (Å²) in [5.41, 5.74) is 2.10. The molecule has 0 radical (unpaired) electrons. The van der Waals surface area contributed by atoms with Crippen molar-refractivity contribution in [1.29, 1.82) is 0 Å². The lowest BCUT2D eigenvalue weighted by atomic mass is 10.00. The topological polar surface area (TPSA) is 63.9 Å². The Morgan fingerprint density at radius 3 is 2.78 bits per heavy atom. The Balaban J connectivity index is 1.68. The fraction of sp³-hybridized carbons (Fsp3) is 0.529. The van der Waals surface area contributed by atoms with Crippen LogP contribution in [0.25, 0.3) is 11.4 Å². The van der Waals surface area contributed by atoms with Gasteiger partial charge in [0.2, 0.25) is 11.7 Å². The average molecular weight is 313 g/mol. The minimum absolute atomic E-state index is 0.0874. The van der Waals surface area contributed by atoms with Crippen LogP contribution in [0.5, 0.6) is 0 Å². The third kappa shape index (κ3) is 3.57. The molecule has 1 aromatic carbocycles. The van der Waals surface area contributed by atoms with Crippen LogP contribution in [0.2, 0.25) is 0 Å². The van der Waals surface area contributed by atoms with E-state index >= 15 is 0 Å². The zero-order valence-electron chi connectivity index (χ0n) is 13.8. The number of rotatable bonds is 4. The maximum absolute atomic E-state index is 12.5. The molecular formula is C17H23N5O. The van der Waals surface area contributed by atoms with Gasteiger partial charge in [0.05, 0.1) is 0 Å². The molecule has 0 aliphatic carbocycles. The van der Waals surface area contributed by atoms with Crippen LogP contribution in [0.4, 0.5) is 0 Å². The third-order valence-corrected chi connectivity index (χ3v) is 4.46. The highest BCUT2D eigenvalue weighted by molar-refractivity contribution is 5.76. The molecule has 122 valence electrons. The molecule has 1 amide bonds. The van der Waals surface area contributed by atoms with Gasteiger partial charge in [-0.2, -0.15) is 4.80 Å². The van der Waals surface area contributed by atoms with E-state index in [9.17, 15) is 4.79 Å². The molecule has 1 unspecified atom stereocenters. The van der Waals surface area contributed by atoms with Crippen LogP contribution in [-0.4, -0.2) is 43.6 Å². The Kier molecular flexibility index (Phi) is 4.69. The molecule has 1 atom stereocenters. The zero-order valence-corrected chi connectivity index (χ0v) is 13.8. The van der Waals surface area contributed by atoms with E-state index in [0.717, 1.165) is 31.4 Å². The highest BCUT2D eigenvalue weighted by Crippen LogP contribution is 2.20. The lowest BCUT2D eigenvalue weighted by Gasteiger charge is -2.35. The maximum atomic E-state index is 12.5. The normalized spacial score (nSPS) is 18.2. The molecule has 0 spiro atoms. The number of aryl methyl sites for hydroxylation is 1. The molecule has 1 aromatic heterocycles. The molecule has 23 heavy (non-hydrogen) atoms. The van der Waals surface area contributed by atoms with E-state index in [1.165, 1.54) is 16.8 Å². The Bertz CT molecular complexity index is 664. The van der Waals surface area contributed by atoms with Gasteiger partial charge in [-0.05, 0) is 37.8 Å². The summed E-state index contributed by atoms with van der Waals surface area (Å²) in [7, 11) is 0. The smallest absolute Gasteiger partial charge is 0.246 e. The van der Waals surface area contributed by atoms with E-state index in [-0.39, 0.29) is 12.5 Å². The van der Waals surface area contributed by atoms with Crippen LogP contribution in [-0.2, 0) is 11.3 Å². The van der Waals surface area contributed by atoms with Gasteiger partial charge in [0, 0.05) is 18.2 Å². The molecule has 1 aliphatic rings. The summed E-state index contributed by atoms with van der Waals surface area (Å²) in [4.78, 5) is 15.9. The van der Waals surface area contributed by atoms with Crippen molar-refractivity contribution in [2.75, 3.05) is 6.54 Å². The highest BCUT2D eigenvalue weighted by Gasteiger charge is 2.25. The van der Waals surface area contributed by atoms with Crippen LogP contribution in [0.3, 0.4) is 0 Å². The quantitative estimate of drug-likeness (QED) is 0.869. The molecular weight excluding hydrogens is 290 g/mol. The molecule has 1 aliphatic heterocycles. The first-order chi connectivity index (χ1) is 11.2. The van der Waals surface area contributed by atoms with Gasteiger partial charge < -0.3 is 4.90 Å². The van der Waals surface area contributed by atoms with E-state index in [0.29, 0.717) is 11.9 Å². The standard InChI is InChI=1S/C17H23N5O/c1-3-15-6-4-5-11-21(15)16(23)12-22-19-17(18-20-22)14-9-7-13(2)8-10-14/h7-10,15H,3-6,11-12H2,1-2H3. The number of carbonyl (C=O) groups is 1. The summed E-state index contributed by atoms with van der Waals surface area (Å²) in [5.74, 6) is 0.646. The van der Waals surface area contributed by atoms with Gasteiger partial charge in [0.25, 0.3) is 0 Å². The summed E-state index contributed by atoms with van der Waals surface area (Å²) >= 11 is 0. The van der Waals surface area contributed by atoms with Gasteiger partial charge in [-0.1, -0.05) is 36.8 Å². The summed E-state index contributed by atoms with van der Waals surface area (Å²) in [6.07, 6.45) is 4.40. The second kappa shape index (κ2) is 6.89. The summed E-state index contributed by atoms with van der Waals surface area (Å²) < 4.78 is 0. The SMILES string of the molecule is CCC1CCCCN1C(=O)Cn1nnc(-c2ccc(C)cc2)n1. The first-order valence-electron chi connectivity index (χ1n) is 8.31. The van der Waals surface area contributed by atoms with Gasteiger partial charge in [0.1, 0.15) is 6.54 Å². The van der Waals surface area contributed by atoms with Crippen molar-refractivity contribution < 1.29 is 4.79 Å². The van der Waals surface area contributed by atoms with Crippen molar-refractivity contribution >= 4 is 5.91 Å². The number of likely N-dealkylation sites (tertiary alicyclic amines) is 1. The summed E-state index contributed by atoms with van der Waals surface area (Å²) in [5, 5.41) is 12.4. The molecule has 0 bridgehead atoms. The van der Waals surface area contributed by atoms with Crippen LogP contribution in [0.1, 0.15) is 38.2 Å². The van der Waals surface area contributed by atoms with E-state index in [1.54, 1.807) is 0 Å². The largest absolute Gasteiger partial charge is 0.338 e. The molecule has 1 saturated heterocycles. The van der Waals surface area contributed by atoms with Gasteiger partial charge in [0.15, 0.2) is 0 Å². The Hall–Kier alpha value is -2.24. The third-order valence-electron chi connectivity index (χ3n) is 4.46. The maximum Gasteiger partial charge on any atom is 0.246 e. The Labute approximate surface area is 136 Å². The number of hydrogen-bond acceptors (Lipinski definition) is 4. The molecule has 1 fully saturated rings. The lowest BCUT2D eigenvalue weighted by molar-refractivity contribution is -0.136. The van der Waals surface area contributed by atoms with Crippen LogP contribution >= 0.6 is 0 Å². The fourth-order valence-corrected chi connectivity index (χ4v) is 3.09. The Morgan fingerprint density at radius 1 is 1.26 bits per heavy atom. The van der Waals surface area contributed by atoms with Gasteiger partial charge in [-0.3, -0.25) is 4.79 Å². The number of amides is 1. The van der Waals surface area contributed by atoms with Crippen molar-refractivity contribution in [2.45, 2.75) is 52.1 Å². The molecule has 2 heterocycles. The van der Waals surface area contributed by atoms with Crippen LogP contribution < -0.4 is 0 Å². The van der Waals surface area contributed by atoms with Crippen molar-refractivity contribution in [2.24, 2.45) is 0 Å². The van der Waals surface area contributed by atoms with Gasteiger partial charge in [-0.25, -0.2) is 0 Å². The lowest BCUT2D eigenvalue weighted by Crippen LogP contribution is -2.45. The second-order valence-electron chi connectivity index (χ2n) is 6.15. The van der Waals surface area contributed by atoms with Crippen LogP contribution in [0, 0.1) is 6.92 Å². The first-order valence-corrected chi connectivity index (χ1v) is 8.31. The highest BCUT2D eigenvalue weighted by atomic mass is 16.2. The summed E-state index contributed by atoms with van der Waals surface area (Å²) in [6.45, 7) is 5.18. The average Bonchev–Trinajstić information content (AvgIpc) is 3.04. The minimum Gasteiger partial charge on any atom is -0.338 e. The molecule has 3 rings (SSSR count). The van der Waals surface area contributed by atoms with E-state index in [4.69, 9.17) is 0 Å². The fourth-order valence-electron chi connectivity index (χ4n) is 3.09. The van der Waals surface area contributed by atoms with E-state index < -0.39 is 0 Å². The number of benzene rings is 1. The van der Waals surface area contributed by atoms with Gasteiger partial charge >= 0.3 is 0 Å². The number of piperidine rings is 1. The monoisotopic (exact) mass is 313 g/mol. The number of hydrogen-bond donors (Lipinski definition) is 0. The van der Waals surface area contributed by atoms with E-state index in [1.807, 2.05) is 36.1 Å². The predicted molar refractivity (Wildman–Crippen MR) is 87.6 cm³/mol. The van der Waals surface area contributed by atoms with E-state index in [2.05, 4.69) is 22.3 Å². The van der Waals surface area contributed by atoms with Crippen molar-refractivity contribution in [3.8, 4) is 11.4 Å². The van der Waals surface area contributed by atoms with Crippen LogP contribution in [0.15, 0.2) is 24.3 Å². The number of carbonyl (C=O) groups excluding carboxylic acids is 1. The van der Waals surface area contributed by atoms with Crippen molar-refractivity contribution in [3.05, 3.63) is 29.8 Å². The number of tetrazole rings is 1.